The fourth-order valence-corrected chi connectivity index (χ4v) is 2.17. The van der Waals surface area contributed by atoms with Gasteiger partial charge in [-0.25, -0.2) is 13.9 Å². The van der Waals surface area contributed by atoms with Crippen molar-refractivity contribution in [2.24, 2.45) is 0 Å². The van der Waals surface area contributed by atoms with Crippen molar-refractivity contribution in [1.29, 1.82) is 0 Å². The molecule has 5 heteroatoms. The molecule has 0 saturated heterocycles. The zero-order chi connectivity index (χ0) is 15.5. The molecular weight excluding hydrogens is 283 g/mol. The van der Waals surface area contributed by atoms with Crippen LogP contribution in [0.5, 0.6) is 0 Å². The molecule has 0 aliphatic heterocycles. The molecule has 1 aromatic heterocycles. The minimum atomic E-state index is -0.485. The summed E-state index contributed by atoms with van der Waals surface area (Å²) in [5, 5.41) is 4.44. The molecule has 4 nitrogen and oxygen atoms in total. The summed E-state index contributed by atoms with van der Waals surface area (Å²) < 4.78 is 19.5. The summed E-state index contributed by atoms with van der Waals surface area (Å²) in [6.45, 7) is 0. The van der Waals surface area contributed by atoms with Gasteiger partial charge < -0.3 is 4.74 Å². The molecule has 0 bridgehead atoms. The second kappa shape index (κ2) is 5.81. The van der Waals surface area contributed by atoms with Crippen molar-refractivity contribution >= 4 is 5.97 Å². The van der Waals surface area contributed by atoms with E-state index in [2.05, 4.69) is 5.10 Å². The Hall–Kier alpha value is -2.95. The van der Waals surface area contributed by atoms with Crippen molar-refractivity contribution in [3.8, 4) is 16.9 Å². The van der Waals surface area contributed by atoms with Crippen LogP contribution in [0, 0.1) is 5.82 Å². The molecule has 110 valence electrons. The lowest BCUT2D eigenvalue weighted by Gasteiger charge is -2.01. The van der Waals surface area contributed by atoms with Crippen LogP contribution in [0.1, 0.15) is 10.4 Å². The minimum Gasteiger partial charge on any atom is -0.465 e. The van der Waals surface area contributed by atoms with Crippen molar-refractivity contribution in [3.63, 3.8) is 0 Å². The highest BCUT2D eigenvalue weighted by molar-refractivity contribution is 5.96. The fourth-order valence-electron chi connectivity index (χ4n) is 2.17. The molecule has 0 unspecified atom stereocenters. The normalized spacial score (nSPS) is 10.5. The van der Waals surface area contributed by atoms with Gasteiger partial charge >= 0.3 is 5.97 Å². The zero-order valence-corrected chi connectivity index (χ0v) is 11.9. The van der Waals surface area contributed by atoms with Gasteiger partial charge in [-0.2, -0.15) is 5.10 Å². The number of ether oxygens (including phenoxy) is 1. The van der Waals surface area contributed by atoms with Crippen LogP contribution in [0.3, 0.4) is 0 Å². The van der Waals surface area contributed by atoms with Gasteiger partial charge in [0.05, 0.1) is 12.8 Å². The number of halogens is 1. The predicted octanol–water partition coefficient (Wildman–Crippen LogP) is 3.47. The van der Waals surface area contributed by atoms with Gasteiger partial charge in [0.2, 0.25) is 0 Å². The molecule has 0 spiro atoms. The quantitative estimate of drug-likeness (QED) is 0.695. The maximum atomic E-state index is 13.1. The standard InChI is InChI=1S/C17H13FN2O2/c1-22-17(21)15-11-20(14-5-3-2-4-6-14)19-16(15)12-7-9-13(18)10-8-12/h2-11H,1H3. The molecule has 0 saturated carbocycles. The monoisotopic (exact) mass is 296 g/mol. The molecule has 0 atom stereocenters. The van der Waals surface area contributed by atoms with E-state index in [0.717, 1.165) is 5.69 Å². The highest BCUT2D eigenvalue weighted by Crippen LogP contribution is 2.24. The topological polar surface area (TPSA) is 44.1 Å². The molecule has 0 radical (unpaired) electrons. The number of hydrogen-bond donors (Lipinski definition) is 0. The second-order valence-electron chi connectivity index (χ2n) is 4.67. The number of nitrogens with zero attached hydrogens (tertiary/aromatic N) is 2. The first-order valence-electron chi connectivity index (χ1n) is 6.68. The Morgan fingerprint density at radius 2 is 1.77 bits per heavy atom. The Bertz CT molecular complexity index is 795. The van der Waals surface area contributed by atoms with Crippen molar-refractivity contribution in [2.75, 3.05) is 7.11 Å². The number of hydrogen-bond acceptors (Lipinski definition) is 3. The number of benzene rings is 2. The van der Waals surface area contributed by atoms with Crippen LogP contribution in [-0.2, 0) is 4.74 Å². The molecule has 0 fully saturated rings. The summed E-state index contributed by atoms with van der Waals surface area (Å²) in [5.41, 5.74) is 2.26. The van der Waals surface area contributed by atoms with E-state index in [9.17, 15) is 9.18 Å². The molecule has 2 aromatic carbocycles. The molecule has 1 heterocycles. The summed E-state index contributed by atoms with van der Waals surface area (Å²) in [6.07, 6.45) is 1.61. The van der Waals surface area contributed by atoms with Crippen LogP contribution < -0.4 is 0 Å². The number of aromatic nitrogens is 2. The lowest BCUT2D eigenvalue weighted by molar-refractivity contribution is 0.0601. The fraction of sp³-hybridized carbons (Fsp3) is 0.0588. The Balaban J connectivity index is 2.13. The van der Waals surface area contributed by atoms with Crippen molar-refractivity contribution in [2.45, 2.75) is 0 Å². The van der Waals surface area contributed by atoms with Crippen LogP contribution in [0.15, 0.2) is 60.8 Å². The molecular formula is C17H13FN2O2. The van der Waals surface area contributed by atoms with Gasteiger partial charge in [0.15, 0.2) is 0 Å². The van der Waals surface area contributed by atoms with E-state index in [0.29, 0.717) is 16.8 Å². The number of carbonyl (C=O) groups excluding carboxylic acids is 1. The van der Waals surface area contributed by atoms with Crippen LogP contribution in [-0.4, -0.2) is 22.9 Å². The second-order valence-corrected chi connectivity index (χ2v) is 4.67. The van der Waals surface area contributed by atoms with E-state index in [-0.39, 0.29) is 5.82 Å². The first-order chi connectivity index (χ1) is 10.7. The average molecular weight is 296 g/mol. The third-order valence-corrected chi connectivity index (χ3v) is 3.26. The highest BCUT2D eigenvalue weighted by atomic mass is 19.1. The highest BCUT2D eigenvalue weighted by Gasteiger charge is 2.19. The Labute approximate surface area is 126 Å². The predicted molar refractivity (Wildman–Crippen MR) is 80.3 cm³/mol. The molecule has 3 rings (SSSR count). The lowest BCUT2D eigenvalue weighted by atomic mass is 10.1. The van der Waals surface area contributed by atoms with E-state index in [1.54, 1.807) is 23.0 Å². The molecule has 0 N–H and O–H groups in total. The van der Waals surface area contributed by atoms with Crippen molar-refractivity contribution in [1.82, 2.24) is 9.78 Å². The third kappa shape index (κ3) is 2.61. The first kappa shape index (κ1) is 14.0. The maximum Gasteiger partial charge on any atom is 0.341 e. The summed E-state index contributed by atoms with van der Waals surface area (Å²) in [5.74, 6) is -0.827. The van der Waals surface area contributed by atoms with Gasteiger partial charge in [0, 0.05) is 11.8 Å². The van der Waals surface area contributed by atoms with Gasteiger partial charge in [-0.1, -0.05) is 18.2 Å². The average Bonchev–Trinajstić information content (AvgIpc) is 3.01. The van der Waals surface area contributed by atoms with Gasteiger partial charge in [-0.05, 0) is 36.4 Å². The summed E-state index contributed by atoms with van der Waals surface area (Å²) in [4.78, 5) is 12.0. The first-order valence-corrected chi connectivity index (χ1v) is 6.68. The van der Waals surface area contributed by atoms with Crippen LogP contribution in [0.4, 0.5) is 4.39 Å². The van der Waals surface area contributed by atoms with Crippen molar-refractivity contribution < 1.29 is 13.9 Å². The number of rotatable bonds is 3. The molecule has 0 aliphatic rings. The third-order valence-electron chi connectivity index (χ3n) is 3.26. The molecule has 0 aliphatic carbocycles. The Kier molecular flexibility index (Phi) is 3.70. The van der Waals surface area contributed by atoms with E-state index in [1.165, 1.54) is 19.2 Å². The molecule has 3 aromatic rings. The van der Waals surface area contributed by atoms with Crippen LogP contribution >= 0.6 is 0 Å². The van der Waals surface area contributed by atoms with E-state index in [4.69, 9.17) is 4.74 Å². The van der Waals surface area contributed by atoms with Gasteiger partial charge in [-0.3, -0.25) is 0 Å². The minimum absolute atomic E-state index is 0.331. The summed E-state index contributed by atoms with van der Waals surface area (Å²) in [6, 6.07) is 15.2. The number of esters is 1. The largest absolute Gasteiger partial charge is 0.465 e. The molecule has 22 heavy (non-hydrogen) atoms. The van der Waals surface area contributed by atoms with Gasteiger partial charge in [0.1, 0.15) is 17.1 Å². The Morgan fingerprint density at radius 3 is 2.41 bits per heavy atom. The van der Waals surface area contributed by atoms with Crippen LogP contribution in [0.25, 0.3) is 16.9 Å². The SMILES string of the molecule is COC(=O)c1cn(-c2ccccc2)nc1-c1ccc(F)cc1. The van der Waals surface area contributed by atoms with Crippen molar-refractivity contribution in [3.05, 3.63) is 72.2 Å². The Morgan fingerprint density at radius 1 is 1.09 bits per heavy atom. The van der Waals surface area contributed by atoms with Gasteiger partial charge in [-0.15, -0.1) is 0 Å². The van der Waals surface area contributed by atoms with E-state index >= 15 is 0 Å². The van der Waals surface area contributed by atoms with E-state index < -0.39 is 5.97 Å². The zero-order valence-electron chi connectivity index (χ0n) is 11.9. The van der Waals surface area contributed by atoms with Gasteiger partial charge in [0.25, 0.3) is 0 Å². The maximum absolute atomic E-state index is 13.1. The number of para-hydroxylation sites is 1. The lowest BCUT2D eigenvalue weighted by Crippen LogP contribution is -2.01. The summed E-state index contributed by atoms with van der Waals surface area (Å²) in [7, 11) is 1.32. The van der Waals surface area contributed by atoms with E-state index in [1.807, 2.05) is 30.3 Å². The summed E-state index contributed by atoms with van der Waals surface area (Å²) >= 11 is 0. The number of carbonyl (C=O) groups is 1. The van der Waals surface area contributed by atoms with Crippen LogP contribution in [0.2, 0.25) is 0 Å². The number of methoxy groups -OCH3 is 1. The molecule has 0 amide bonds. The smallest absolute Gasteiger partial charge is 0.341 e.